The van der Waals surface area contributed by atoms with Gasteiger partial charge in [0.2, 0.25) is 0 Å². The highest BCUT2D eigenvalue weighted by atomic mass is 79.9. The molecule has 0 fully saturated rings. The second-order valence-electron chi connectivity index (χ2n) is 5.10. The Bertz CT molecular complexity index is 426. The maximum atomic E-state index is 11.1. The Labute approximate surface area is 110 Å². The van der Waals surface area contributed by atoms with Gasteiger partial charge in [-0.3, -0.25) is 4.79 Å². The fourth-order valence-corrected chi connectivity index (χ4v) is 2.60. The zero-order valence-electron chi connectivity index (χ0n) is 10.3. The average Bonchev–Trinajstić information content (AvgIpc) is 2.15. The number of halogens is 1. The summed E-state index contributed by atoms with van der Waals surface area (Å²) in [5.74, 6) is -0.846. The first-order valence-electron chi connectivity index (χ1n) is 5.44. The van der Waals surface area contributed by atoms with Crippen LogP contribution in [0.25, 0.3) is 0 Å². The van der Waals surface area contributed by atoms with E-state index in [9.17, 15) is 4.79 Å². The van der Waals surface area contributed by atoms with Gasteiger partial charge < -0.3 is 10.8 Å². The summed E-state index contributed by atoms with van der Waals surface area (Å²) in [5.41, 5.74) is 5.85. The molecule has 0 aliphatic carbocycles. The van der Waals surface area contributed by atoms with Crippen LogP contribution in [0.4, 0.5) is 0 Å². The highest BCUT2D eigenvalue weighted by Gasteiger charge is 2.42. The lowest BCUT2D eigenvalue weighted by Crippen LogP contribution is -2.53. The van der Waals surface area contributed by atoms with Crippen LogP contribution >= 0.6 is 15.9 Å². The van der Waals surface area contributed by atoms with Gasteiger partial charge in [-0.25, -0.2) is 0 Å². The molecule has 0 bridgehead atoms. The highest BCUT2D eigenvalue weighted by Crippen LogP contribution is 2.40. The SMILES string of the molecule is CC(C)(N)C(C)(CC(=O)O)c1ccccc1Br. The summed E-state index contributed by atoms with van der Waals surface area (Å²) in [6.07, 6.45) is -0.000880. The molecule has 3 nitrogen and oxygen atoms in total. The number of benzene rings is 1. The lowest BCUT2D eigenvalue weighted by molar-refractivity contribution is -0.139. The van der Waals surface area contributed by atoms with E-state index in [0.717, 1.165) is 10.0 Å². The Morgan fingerprint density at radius 2 is 1.88 bits per heavy atom. The molecule has 0 radical (unpaired) electrons. The van der Waals surface area contributed by atoms with Crippen molar-refractivity contribution < 1.29 is 9.90 Å². The van der Waals surface area contributed by atoms with Crippen molar-refractivity contribution in [1.29, 1.82) is 0 Å². The van der Waals surface area contributed by atoms with Crippen LogP contribution in [0.1, 0.15) is 32.8 Å². The molecule has 1 unspecified atom stereocenters. The van der Waals surface area contributed by atoms with Crippen LogP contribution in [0, 0.1) is 0 Å². The van der Waals surface area contributed by atoms with Crippen molar-refractivity contribution in [3.8, 4) is 0 Å². The van der Waals surface area contributed by atoms with E-state index >= 15 is 0 Å². The van der Waals surface area contributed by atoms with Crippen molar-refractivity contribution in [1.82, 2.24) is 0 Å². The number of carboxylic acid groups (broad SMARTS) is 1. The summed E-state index contributed by atoms with van der Waals surface area (Å²) in [6.45, 7) is 5.60. The van der Waals surface area contributed by atoms with Gasteiger partial charge in [0.25, 0.3) is 0 Å². The van der Waals surface area contributed by atoms with Crippen LogP contribution in [0.2, 0.25) is 0 Å². The Kier molecular flexibility index (Phi) is 3.99. The monoisotopic (exact) mass is 299 g/mol. The minimum Gasteiger partial charge on any atom is -0.481 e. The maximum Gasteiger partial charge on any atom is 0.304 e. The number of rotatable bonds is 4. The topological polar surface area (TPSA) is 63.3 Å². The standard InChI is InChI=1S/C13H18BrNO2/c1-12(2,15)13(3,8-11(16)17)9-6-4-5-7-10(9)14/h4-7H,8,15H2,1-3H3,(H,16,17). The van der Waals surface area contributed by atoms with Gasteiger partial charge in [0.1, 0.15) is 0 Å². The zero-order valence-corrected chi connectivity index (χ0v) is 11.9. The first-order chi connectivity index (χ1) is 7.68. The molecule has 0 aliphatic heterocycles. The number of aliphatic carboxylic acids is 1. The van der Waals surface area contributed by atoms with Crippen LogP contribution in [-0.4, -0.2) is 16.6 Å². The summed E-state index contributed by atoms with van der Waals surface area (Å²) >= 11 is 3.47. The van der Waals surface area contributed by atoms with Crippen LogP contribution in [0.5, 0.6) is 0 Å². The molecule has 0 saturated carbocycles. The summed E-state index contributed by atoms with van der Waals surface area (Å²) < 4.78 is 0.891. The molecule has 1 aromatic carbocycles. The van der Waals surface area contributed by atoms with Crippen molar-refractivity contribution >= 4 is 21.9 Å². The second kappa shape index (κ2) is 4.78. The van der Waals surface area contributed by atoms with Crippen molar-refractivity contribution in [3.63, 3.8) is 0 Å². The molecule has 17 heavy (non-hydrogen) atoms. The minimum absolute atomic E-state index is 0.000880. The quantitative estimate of drug-likeness (QED) is 0.898. The van der Waals surface area contributed by atoms with E-state index in [1.54, 1.807) is 0 Å². The first-order valence-corrected chi connectivity index (χ1v) is 6.23. The molecule has 0 heterocycles. The Morgan fingerprint density at radius 1 is 1.35 bits per heavy atom. The maximum absolute atomic E-state index is 11.1. The predicted octanol–water partition coefficient (Wildman–Crippen LogP) is 2.92. The molecule has 1 atom stereocenters. The van der Waals surface area contributed by atoms with E-state index in [1.165, 1.54) is 0 Å². The van der Waals surface area contributed by atoms with E-state index in [2.05, 4.69) is 15.9 Å². The summed E-state index contributed by atoms with van der Waals surface area (Å²) in [7, 11) is 0. The van der Waals surface area contributed by atoms with Crippen molar-refractivity contribution in [2.75, 3.05) is 0 Å². The second-order valence-corrected chi connectivity index (χ2v) is 5.96. The van der Waals surface area contributed by atoms with Gasteiger partial charge in [-0.2, -0.15) is 0 Å². The Hall–Kier alpha value is -0.870. The van der Waals surface area contributed by atoms with Crippen LogP contribution < -0.4 is 5.73 Å². The smallest absolute Gasteiger partial charge is 0.304 e. The molecule has 0 amide bonds. The number of carboxylic acids is 1. The fourth-order valence-electron chi connectivity index (χ4n) is 1.88. The van der Waals surface area contributed by atoms with Gasteiger partial charge in [0.15, 0.2) is 0 Å². The van der Waals surface area contributed by atoms with Gasteiger partial charge in [-0.15, -0.1) is 0 Å². The molecular formula is C13H18BrNO2. The van der Waals surface area contributed by atoms with Crippen molar-refractivity contribution in [2.45, 2.75) is 38.1 Å². The number of carbonyl (C=O) groups is 1. The third-order valence-electron chi connectivity index (χ3n) is 3.40. The summed E-state index contributed by atoms with van der Waals surface area (Å²) in [5, 5.41) is 9.09. The fraction of sp³-hybridized carbons (Fsp3) is 0.462. The van der Waals surface area contributed by atoms with E-state index in [1.807, 2.05) is 45.0 Å². The van der Waals surface area contributed by atoms with E-state index in [-0.39, 0.29) is 6.42 Å². The summed E-state index contributed by atoms with van der Waals surface area (Å²) in [6, 6.07) is 7.62. The van der Waals surface area contributed by atoms with Crippen molar-refractivity contribution in [3.05, 3.63) is 34.3 Å². The third-order valence-corrected chi connectivity index (χ3v) is 4.09. The third kappa shape index (κ3) is 2.87. The molecule has 0 aliphatic rings. The van der Waals surface area contributed by atoms with E-state index in [4.69, 9.17) is 10.8 Å². The largest absolute Gasteiger partial charge is 0.481 e. The molecular weight excluding hydrogens is 282 g/mol. The average molecular weight is 300 g/mol. The number of hydrogen-bond donors (Lipinski definition) is 2. The molecule has 0 spiro atoms. The molecule has 3 N–H and O–H groups in total. The molecule has 4 heteroatoms. The van der Waals surface area contributed by atoms with Gasteiger partial charge >= 0.3 is 5.97 Å². The molecule has 0 saturated heterocycles. The van der Waals surface area contributed by atoms with Crippen LogP contribution in [0.15, 0.2) is 28.7 Å². The molecule has 0 aromatic heterocycles. The van der Waals surface area contributed by atoms with Gasteiger partial charge in [-0.05, 0) is 25.5 Å². The number of hydrogen-bond acceptors (Lipinski definition) is 2. The van der Waals surface area contributed by atoms with Crippen molar-refractivity contribution in [2.24, 2.45) is 5.73 Å². The summed E-state index contributed by atoms with van der Waals surface area (Å²) in [4.78, 5) is 11.1. The normalized spacial score (nSPS) is 15.4. The lowest BCUT2D eigenvalue weighted by atomic mass is 9.66. The zero-order chi connectivity index (χ0) is 13.3. The highest BCUT2D eigenvalue weighted by molar-refractivity contribution is 9.10. The predicted molar refractivity (Wildman–Crippen MR) is 72.0 cm³/mol. The molecule has 1 rings (SSSR count). The Morgan fingerprint density at radius 3 is 2.29 bits per heavy atom. The first kappa shape index (κ1) is 14.2. The van der Waals surface area contributed by atoms with Gasteiger partial charge in [0.05, 0.1) is 6.42 Å². The number of nitrogens with two attached hydrogens (primary N) is 1. The van der Waals surface area contributed by atoms with Gasteiger partial charge in [-0.1, -0.05) is 41.1 Å². The Balaban J connectivity index is 3.35. The van der Waals surface area contributed by atoms with E-state index in [0.29, 0.717) is 0 Å². The van der Waals surface area contributed by atoms with Crippen LogP contribution in [-0.2, 0) is 10.2 Å². The van der Waals surface area contributed by atoms with E-state index < -0.39 is 16.9 Å². The lowest BCUT2D eigenvalue weighted by Gasteiger charge is -2.41. The van der Waals surface area contributed by atoms with Crippen LogP contribution in [0.3, 0.4) is 0 Å². The molecule has 1 aromatic rings. The minimum atomic E-state index is -0.846. The molecule has 94 valence electrons. The van der Waals surface area contributed by atoms with Gasteiger partial charge in [0, 0.05) is 15.4 Å².